The molecule has 122 valence electrons. The molecule has 2 rings (SSSR count). The van der Waals surface area contributed by atoms with E-state index in [0.29, 0.717) is 26.1 Å². The van der Waals surface area contributed by atoms with E-state index in [-0.39, 0.29) is 17.7 Å². The lowest BCUT2D eigenvalue weighted by atomic mass is 10.1. The quantitative estimate of drug-likeness (QED) is 0.778. The Hall–Kier alpha value is -1.89. The van der Waals surface area contributed by atoms with Gasteiger partial charge in [-0.05, 0) is 27.9 Å². The van der Waals surface area contributed by atoms with Crippen LogP contribution in [0.2, 0.25) is 0 Å². The summed E-state index contributed by atoms with van der Waals surface area (Å²) in [5, 5.41) is 9.94. The van der Waals surface area contributed by atoms with Gasteiger partial charge in [-0.15, -0.1) is 0 Å². The minimum atomic E-state index is -0.248. The topological polar surface area (TPSA) is 81.3 Å². The van der Waals surface area contributed by atoms with Crippen molar-refractivity contribution >= 4 is 11.8 Å². The summed E-state index contributed by atoms with van der Waals surface area (Å²) in [5.41, 5.74) is 2.88. The van der Waals surface area contributed by atoms with Gasteiger partial charge in [-0.25, -0.2) is 0 Å². The molecule has 1 aromatic rings. The van der Waals surface area contributed by atoms with Gasteiger partial charge in [0.25, 0.3) is 0 Å². The van der Waals surface area contributed by atoms with Gasteiger partial charge in [0.05, 0.1) is 11.6 Å². The van der Waals surface area contributed by atoms with Gasteiger partial charge in [0.2, 0.25) is 11.8 Å². The van der Waals surface area contributed by atoms with Crippen LogP contribution >= 0.6 is 0 Å². The lowest BCUT2D eigenvalue weighted by Gasteiger charge is -2.19. The van der Waals surface area contributed by atoms with Crippen molar-refractivity contribution in [3.05, 3.63) is 17.0 Å². The maximum Gasteiger partial charge on any atom is 0.225 e. The van der Waals surface area contributed by atoms with E-state index in [0.717, 1.165) is 23.5 Å². The van der Waals surface area contributed by atoms with Crippen LogP contribution in [0.1, 0.15) is 23.4 Å². The van der Waals surface area contributed by atoms with Crippen LogP contribution in [-0.2, 0) is 16.1 Å². The average Bonchev–Trinajstić information content (AvgIpc) is 2.98. The molecule has 1 fully saturated rings. The summed E-state index contributed by atoms with van der Waals surface area (Å²) < 4.78 is 0. The number of hydrogen-bond donors (Lipinski definition) is 2. The van der Waals surface area contributed by atoms with Gasteiger partial charge < -0.3 is 15.1 Å². The molecule has 1 saturated heterocycles. The van der Waals surface area contributed by atoms with Crippen molar-refractivity contribution in [2.45, 2.75) is 26.8 Å². The number of rotatable bonds is 6. The smallest absolute Gasteiger partial charge is 0.225 e. The molecule has 7 heteroatoms. The molecule has 0 aliphatic carbocycles. The molecule has 0 unspecified atom stereocenters. The van der Waals surface area contributed by atoms with E-state index in [9.17, 15) is 9.59 Å². The second-order valence-electron chi connectivity index (χ2n) is 6.17. The number of nitrogens with zero attached hydrogens (tertiary/aromatic N) is 3. The highest BCUT2D eigenvalue weighted by Crippen LogP contribution is 2.18. The Balaban J connectivity index is 1.85. The molecule has 0 saturated carbocycles. The number of likely N-dealkylation sites (N-methyl/N-ethyl adjacent to an activating group) is 1. The lowest BCUT2D eigenvalue weighted by molar-refractivity contribution is -0.129. The van der Waals surface area contributed by atoms with Gasteiger partial charge in [0.1, 0.15) is 0 Å². The summed E-state index contributed by atoms with van der Waals surface area (Å²) in [6.07, 6.45) is 0.308. The van der Waals surface area contributed by atoms with E-state index in [2.05, 4.69) is 15.5 Å². The Morgan fingerprint density at radius 2 is 2.18 bits per heavy atom. The van der Waals surface area contributed by atoms with Gasteiger partial charge in [0.15, 0.2) is 0 Å². The molecule has 2 heterocycles. The van der Waals surface area contributed by atoms with E-state index in [1.807, 2.05) is 32.8 Å². The van der Waals surface area contributed by atoms with Crippen molar-refractivity contribution in [3.8, 4) is 0 Å². The van der Waals surface area contributed by atoms with Gasteiger partial charge in [-0.3, -0.25) is 14.7 Å². The molecular weight excluding hydrogens is 282 g/mol. The molecule has 2 amide bonds. The second-order valence-corrected chi connectivity index (χ2v) is 6.17. The number of amides is 2. The zero-order valence-electron chi connectivity index (χ0n) is 13.8. The summed E-state index contributed by atoms with van der Waals surface area (Å²) in [6, 6.07) is 0. The summed E-state index contributed by atoms with van der Waals surface area (Å²) in [4.78, 5) is 28.0. The Labute approximate surface area is 131 Å². The number of hydrogen-bond acceptors (Lipinski definition) is 4. The van der Waals surface area contributed by atoms with Crippen molar-refractivity contribution in [1.29, 1.82) is 0 Å². The van der Waals surface area contributed by atoms with Crippen molar-refractivity contribution in [1.82, 2.24) is 25.3 Å². The van der Waals surface area contributed by atoms with Crippen LogP contribution in [0.4, 0.5) is 0 Å². The molecule has 0 aromatic carbocycles. The molecule has 1 aliphatic heterocycles. The monoisotopic (exact) mass is 307 g/mol. The summed E-state index contributed by atoms with van der Waals surface area (Å²) in [7, 11) is 3.95. The van der Waals surface area contributed by atoms with Crippen molar-refractivity contribution in [2.75, 3.05) is 33.7 Å². The van der Waals surface area contributed by atoms with Gasteiger partial charge in [-0.2, -0.15) is 5.10 Å². The predicted octanol–water partition coefficient (Wildman–Crippen LogP) is 0.0528. The summed E-state index contributed by atoms with van der Waals surface area (Å²) >= 11 is 0. The molecule has 0 spiro atoms. The molecule has 22 heavy (non-hydrogen) atoms. The first-order valence-corrected chi connectivity index (χ1v) is 7.59. The molecule has 2 N–H and O–H groups in total. The van der Waals surface area contributed by atoms with Crippen molar-refractivity contribution < 1.29 is 9.59 Å². The van der Waals surface area contributed by atoms with E-state index < -0.39 is 0 Å². The fourth-order valence-electron chi connectivity index (χ4n) is 2.64. The summed E-state index contributed by atoms with van der Waals surface area (Å²) in [6.45, 7) is 6.30. The van der Waals surface area contributed by atoms with Crippen molar-refractivity contribution in [3.63, 3.8) is 0 Å². The fourth-order valence-corrected chi connectivity index (χ4v) is 2.64. The Bertz CT molecular complexity index is 533. The maximum absolute atomic E-state index is 12.3. The van der Waals surface area contributed by atoms with E-state index in [4.69, 9.17) is 0 Å². The summed E-state index contributed by atoms with van der Waals surface area (Å²) in [5.74, 6) is -0.236. The SMILES string of the molecule is Cc1n[nH]c(C)c1CNC(=O)[C@H]1CC(=O)N(CCN(C)C)C1. The fraction of sp³-hybridized carbons (Fsp3) is 0.667. The molecule has 7 nitrogen and oxygen atoms in total. The third-order valence-electron chi connectivity index (χ3n) is 4.12. The number of aryl methyl sites for hydroxylation is 2. The highest BCUT2D eigenvalue weighted by atomic mass is 16.2. The lowest BCUT2D eigenvalue weighted by Crippen LogP contribution is -2.35. The Morgan fingerprint density at radius 1 is 1.45 bits per heavy atom. The van der Waals surface area contributed by atoms with Crippen molar-refractivity contribution in [2.24, 2.45) is 5.92 Å². The standard InChI is InChI=1S/C15H25N5O2/c1-10-13(11(2)18-17-10)8-16-15(22)12-7-14(21)20(9-12)6-5-19(3)4/h12H,5-9H2,1-4H3,(H,16,22)(H,17,18)/t12-/m0/s1. The van der Waals surface area contributed by atoms with Crippen LogP contribution in [0.3, 0.4) is 0 Å². The third kappa shape index (κ3) is 3.85. The van der Waals surface area contributed by atoms with E-state index in [1.165, 1.54) is 0 Å². The van der Waals surface area contributed by atoms with E-state index in [1.54, 1.807) is 4.90 Å². The minimum Gasteiger partial charge on any atom is -0.352 e. The first-order chi connectivity index (χ1) is 10.4. The Morgan fingerprint density at radius 3 is 2.77 bits per heavy atom. The van der Waals surface area contributed by atoms with Crippen LogP contribution in [0, 0.1) is 19.8 Å². The number of aromatic amines is 1. The molecule has 0 bridgehead atoms. The highest BCUT2D eigenvalue weighted by molar-refractivity contribution is 5.89. The first kappa shape index (κ1) is 16.5. The predicted molar refractivity (Wildman–Crippen MR) is 83.1 cm³/mol. The zero-order chi connectivity index (χ0) is 16.3. The molecular formula is C15H25N5O2. The van der Waals surface area contributed by atoms with Crippen LogP contribution in [0.15, 0.2) is 0 Å². The number of aromatic nitrogens is 2. The Kier molecular flexibility index (Phi) is 5.18. The van der Waals surface area contributed by atoms with Gasteiger partial charge >= 0.3 is 0 Å². The van der Waals surface area contributed by atoms with Crippen LogP contribution in [0.5, 0.6) is 0 Å². The van der Waals surface area contributed by atoms with Crippen LogP contribution < -0.4 is 5.32 Å². The third-order valence-corrected chi connectivity index (χ3v) is 4.12. The number of carbonyl (C=O) groups is 2. The second kappa shape index (κ2) is 6.91. The highest BCUT2D eigenvalue weighted by Gasteiger charge is 2.33. The number of carbonyl (C=O) groups excluding carboxylic acids is 2. The molecule has 0 radical (unpaired) electrons. The largest absolute Gasteiger partial charge is 0.352 e. The average molecular weight is 307 g/mol. The molecule has 1 aromatic heterocycles. The maximum atomic E-state index is 12.3. The number of nitrogens with one attached hydrogen (secondary N) is 2. The number of likely N-dealkylation sites (tertiary alicyclic amines) is 1. The van der Waals surface area contributed by atoms with Crippen LogP contribution in [-0.4, -0.2) is 65.5 Å². The molecule has 1 atom stereocenters. The van der Waals surface area contributed by atoms with Gasteiger partial charge in [-0.1, -0.05) is 0 Å². The van der Waals surface area contributed by atoms with Gasteiger partial charge in [0, 0.05) is 43.9 Å². The van der Waals surface area contributed by atoms with Crippen LogP contribution in [0.25, 0.3) is 0 Å². The first-order valence-electron chi connectivity index (χ1n) is 7.59. The minimum absolute atomic E-state index is 0.0549. The normalized spacial score (nSPS) is 18.3. The zero-order valence-corrected chi connectivity index (χ0v) is 13.8. The molecule has 1 aliphatic rings. The number of H-pyrrole nitrogens is 1. The van der Waals surface area contributed by atoms with E-state index >= 15 is 0 Å².